The van der Waals surface area contributed by atoms with Crippen molar-refractivity contribution in [1.82, 2.24) is 20.6 Å². The van der Waals surface area contributed by atoms with Crippen molar-refractivity contribution in [3.8, 4) is 0 Å². The molecule has 0 fully saturated rings. The monoisotopic (exact) mass is 453 g/mol. The van der Waals surface area contributed by atoms with Gasteiger partial charge in [-0.05, 0) is 35.7 Å². The van der Waals surface area contributed by atoms with Gasteiger partial charge < -0.3 is 20.7 Å². The minimum Gasteiger partial charge on any atom is -0.467 e. The third-order valence-corrected chi connectivity index (χ3v) is 5.36. The number of para-hydroxylation sites is 1. The number of ether oxygens (including phenoxy) is 1. The lowest BCUT2D eigenvalue weighted by molar-refractivity contribution is -0.142. The second kappa shape index (κ2) is 11.2. The first-order chi connectivity index (χ1) is 15.9. The molecule has 33 heavy (non-hydrogen) atoms. The molecular weight excluding hydrogens is 425 g/mol. The summed E-state index contributed by atoms with van der Waals surface area (Å²) in [5.74, 6) is 0.157. The first-order valence-corrected chi connectivity index (χ1v) is 10.8. The van der Waals surface area contributed by atoms with Gasteiger partial charge in [0, 0.05) is 11.9 Å². The molecule has 1 unspecified atom stereocenters. The van der Waals surface area contributed by atoms with Crippen LogP contribution in [0.25, 0.3) is 10.9 Å². The number of hydrogen-bond donors (Lipinski definition) is 3. The number of carbonyl (C=O) groups is 2. The first kappa shape index (κ1) is 23.9. The van der Waals surface area contributed by atoms with Gasteiger partial charge in [0.1, 0.15) is 17.7 Å². The van der Waals surface area contributed by atoms with Crippen LogP contribution in [0.15, 0.2) is 48.5 Å². The molecule has 0 radical (unpaired) electrons. The molecule has 0 aliphatic heterocycles. The summed E-state index contributed by atoms with van der Waals surface area (Å²) >= 11 is 0. The molecule has 8 nitrogen and oxygen atoms in total. The Bertz CT molecular complexity index is 1120. The number of benzene rings is 2. The minimum absolute atomic E-state index is 0.0151. The maximum absolute atomic E-state index is 13.3. The molecule has 0 saturated carbocycles. The quantitative estimate of drug-likeness (QED) is 0.426. The number of methoxy groups -OCH3 is 1. The summed E-state index contributed by atoms with van der Waals surface area (Å²) in [5.41, 5.74) is 1.33. The number of halogens is 1. The van der Waals surface area contributed by atoms with E-state index in [1.165, 1.54) is 19.2 Å². The summed E-state index contributed by atoms with van der Waals surface area (Å²) < 4.78 is 18.2. The summed E-state index contributed by atoms with van der Waals surface area (Å²) in [6.07, 6.45) is 0.773. The highest BCUT2D eigenvalue weighted by atomic mass is 19.1. The van der Waals surface area contributed by atoms with Gasteiger partial charge in [-0.2, -0.15) is 0 Å². The van der Waals surface area contributed by atoms with Gasteiger partial charge in [0.25, 0.3) is 0 Å². The molecule has 0 aliphatic carbocycles. The number of nitrogens with zero attached hydrogens (tertiary/aromatic N) is 2. The van der Waals surface area contributed by atoms with Crippen molar-refractivity contribution in [1.29, 1.82) is 0 Å². The van der Waals surface area contributed by atoms with Crippen molar-refractivity contribution in [3.63, 3.8) is 0 Å². The van der Waals surface area contributed by atoms with Gasteiger partial charge in [-0.25, -0.2) is 23.9 Å². The SMILES string of the molecule is CCC(C)[C@H](Nc1nc(CNC(=O)NCc2cccc(F)c2)nc2ccccc12)C(=O)OC. The van der Waals surface area contributed by atoms with E-state index in [0.29, 0.717) is 22.7 Å². The summed E-state index contributed by atoms with van der Waals surface area (Å²) in [6, 6.07) is 12.4. The van der Waals surface area contributed by atoms with Crippen molar-refractivity contribution in [2.75, 3.05) is 12.4 Å². The molecule has 1 heterocycles. The third-order valence-electron chi connectivity index (χ3n) is 5.36. The van der Waals surface area contributed by atoms with Crippen LogP contribution in [0.1, 0.15) is 31.7 Å². The Labute approximate surface area is 192 Å². The number of rotatable bonds is 9. The summed E-state index contributed by atoms with van der Waals surface area (Å²) in [5, 5.41) is 9.36. The number of nitrogens with one attached hydrogen (secondary N) is 3. The molecule has 0 aliphatic rings. The molecule has 0 spiro atoms. The Morgan fingerprint density at radius 3 is 2.55 bits per heavy atom. The lowest BCUT2D eigenvalue weighted by Crippen LogP contribution is -2.37. The smallest absolute Gasteiger partial charge is 0.328 e. The number of carbonyl (C=O) groups excluding carboxylic acids is 2. The van der Waals surface area contributed by atoms with Crippen LogP contribution >= 0.6 is 0 Å². The highest BCUT2D eigenvalue weighted by Gasteiger charge is 2.26. The lowest BCUT2D eigenvalue weighted by atomic mass is 9.99. The Hall–Kier alpha value is -3.75. The number of anilines is 1. The highest BCUT2D eigenvalue weighted by Crippen LogP contribution is 2.23. The molecule has 9 heteroatoms. The van der Waals surface area contributed by atoms with Gasteiger partial charge in [0.15, 0.2) is 5.82 Å². The number of amides is 2. The van der Waals surface area contributed by atoms with E-state index in [2.05, 4.69) is 25.9 Å². The molecule has 1 aromatic heterocycles. The van der Waals surface area contributed by atoms with Gasteiger partial charge in [-0.1, -0.05) is 44.5 Å². The van der Waals surface area contributed by atoms with Crippen LogP contribution in [0.2, 0.25) is 0 Å². The van der Waals surface area contributed by atoms with Crippen molar-refractivity contribution >= 4 is 28.7 Å². The standard InChI is InChI=1S/C24H28FN5O3/c1-4-15(2)21(23(31)33-3)30-22-18-10-5-6-11-19(18)28-20(29-22)14-27-24(32)26-13-16-8-7-9-17(25)12-16/h5-12,15,21H,4,13-14H2,1-3H3,(H2,26,27,32)(H,28,29,30)/t15?,21-/m0/s1. The topological polar surface area (TPSA) is 105 Å². The third kappa shape index (κ3) is 6.38. The van der Waals surface area contributed by atoms with E-state index < -0.39 is 12.1 Å². The molecular formula is C24H28FN5O3. The van der Waals surface area contributed by atoms with E-state index >= 15 is 0 Å². The summed E-state index contributed by atoms with van der Waals surface area (Å²) in [6.45, 7) is 4.22. The Morgan fingerprint density at radius 1 is 1.06 bits per heavy atom. The zero-order valence-corrected chi connectivity index (χ0v) is 18.9. The molecule has 3 rings (SSSR count). The number of aromatic nitrogens is 2. The van der Waals surface area contributed by atoms with E-state index in [-0.39, 0.29) is 30.8 Å². The number of fused-ring (bicyclic) bond motifs is 1. The van der Waals surface area contributed by atoms with Crippen molar-refractivity contribution in [2.24, 2.45) is 5.92 Å². The van der Waals surface area contributed by atoms with Crippen molar-refractivity contribution in [3.05, 3.63) is 65.7 Å². The van der Waals surface area contributed by atoms with Gasteiger partial charge in [0.2, 0.25) is 0 Å². The summed E-state index contributed by atoms with van der Waals surface area (Å²) in [4.78, 5) is 33.6. The molecule has 3 N–H and O–H groups in total. The lowest BCUT2D eigenvalue weighted by Gasteiger charge is -2.23. The second-order valence-corrected chi connectivity index (χ2v) is 7.70. The van der Waals surface area contributed by atoms with Gasteiger partial charge in [0.05, 0.1) is 19.2 Å². The van der Waals surface area contributed by atoms with Crippen LogP contribution < -0.4 is 16.0 Å². The average Bonchev–Trinajstić information content (AvgIpc) is 2.83. The highest BCUT2D eigenvalue weighted by molar-refractivity contribution is 5.91. The van der Waals surface area contributed by atoms with Gasteiger partial charge >= 0.3 is 12.0 Å². The van der Waals surface area contributed by atoms with E-state index in [9.17, 15) is 14.0 Å². The fraction of sp³-hybridized carbons (Fsp3) is 0.333. The van der Waals surface area contributed by atoms with Crippen molar-refractivity contribution < 1.29 is 18.7 Å². The normalized spacial score (nSPS) is 12.6. The van der Waals surface area contributed by atoms with Crippen LogP contribution in [-0.2, 0) is 22.6 Å². The largest absolute Gasteiger partial charge is 0.467 e. The zero-order valence-electron chi connectivity index (χ0n) is 18.9. The summed E-state index contributed by atoms with van der Waals surface area (Å²) in [7, 11) is 1.36. The van der Waals surface area contributed by atoms with Gasteiger partial charge in [-0.3, -0.25) is 0 Å². The van der Waals surface area contributed by atoms with E-state index in [4.69, 9.17) is 4.74 Å². The first-order valence-electron chi connectivity index (χ1n) is 10.8. The van der Waals surface area contributed by atoms with Crippen LogP contribution in [0, 0.1) is 11.7 Å². The Kier molecular flexibility index (Phi) is 8.12. The van der Waals surface area contributed by atoms with E-state index in [1.54, 1.807) is 12.1 Å². The Morgan fingerprint density at radius 2 is 1.82 bits per heavy atom. The number of urea groups is 1. The molecule has 2 aromatic carbocycles. The Balaban J connectivity index is 1.74. The molecule has 0 bridgehead atoms. The van der Waals surface area contributed by atoms with E-state index in [0.717, 1.165) is 11.8 Å². The number of hydrogen-bond acceptors (Lipinski definition) is 6. The second-order valence-electron chi connectivity index (χ2n) is 7.70. The predicted octanol–water partition coefficient (Wildman–Crippen LogP) is 3.77. The van der Waals surface area contributed by atoms with E-state index in [1.807, 2.05) is 38.1 Å². The van der Waals surface area contributed by atoms with Crippen LogP contribution in [0.5, 0.6) is 0 Å². The minimum atomic E-state index is -0.575. The number of esters is 1. The predicted molar refractivity (Wildman–Crippen MR) is 124 cm³/mol. The molecule has 2 amide bonds. The van der Waals surface area contributed by atoms with Gasteiger partial charge in [-0.15, -0.1) is 0 Å². The maximum Gasteiger partial charge on any atom is 0.328 e. The fourth-order valence-electron chi connectivity index (χ4n) is 3.31. The van der Waals surface area contributed by atoms with Crippen LogP contribution in [-0.4, -0.2) is 35.1 Å². The molecule has 2 atom stereocenters. The zero-order chi connectivity index (χ0) is 23.8. The average molecular weight is 454 g/mol. The van der Waals surface area contributed by atoms with Crippen LogP contribution in [0.4, 0.5) is 15.0 Å². The van der Waals surface area contributed by atoms with Crippen molar-refractivity contribution in [2.45, 2.75) is 39.4 Å². The van der Waals surface area contributed by atoms with Crippen LogP contribution in [0.3, 0.4) is 0 Å². The molecule has 0 saturated heterocycles. The molecule has 3 aromatic rings. The fourth-order valence-corrected chi connectivity index (χ4v) is 3.31. The molecule has 174 valence electrons. The maximum atomic E-state index is 13.3.